The molecule has 3 rings (SSSR count). The summed E-state index contributed by atoms with van der Waals surface area (Å²) >= 11 is 6.24. The second-order valence-corrected chi connectivity index (χ2v) is 7.61. The molecule has 0 saturated carbocycles. The van der Waals surface area contributed by atoms with Crippen LogP contribution in [-0.2, 0) is 11.8 Å². The van der Waals surface area contributed by atoms with E-state index in [-0.39, 0.29) is 11.8 Å². The van der Waals surface area contributed by atoms with E-state index in [0.29, 0.717) is 18.0 Å². The fourth-order valence-electron chi connectivity index (χ4n) is 3.46. The van der Waals surface area contributed by atoms with Crippen LogP contribution < -0.4 is 5.32 Å². The molecule has 1 unspecified atom stereocenters. The fraction of sp³-hybridized carbons (Fsp3) is 0.318. The molecule has 0 saturated heterocycles. The SMILES string of the molecule is CN(C)CCNC(=O)CC(c1cccc(Cl)c1)c1cn(C)c2ccccc12. The van der Waals surface area contributed by atoms with E-state index in [1.165, 1.54) is 5.39 Å². The highest BCUT2D eigenvalue weighted by Gasteiger charge is 2.22. The van der Waals surface area contributed by atoms with Crippen molar-refractivity contribution in [2.45, 2.75) is 12.3 Å². The summed E-state index contributed by atoms with van der Waals surface area (Å²) in [4.78, 5) is 14.7. The number of hydrogen-bond donors (Lipinski definition) is 1. The highest BCUT2D eigenvalue weighted by Crippen LogP contribution is 2.35. The number of aromatic nitrogens is 1. The lowest BCUT2D eigenvalue weighted by Gasteiger charge is -2.18. The number of rotatable bonds is 7. The summed E-state index contributed by atoms with van der Waals surface area (Å²) in [5.41, 5.74) is 3.37. The maximum Gasteiger partial charge on any atom is 0.220 e. The van der Waals surface area contributed by atoms with E-state index in [2.05, 4.69) is 33.1 Å². The summed E-state index contributed by atoms with van der Waals surface area (Å²) in [6, 6.07) is 16.1. The van der Waals surface area contributed by atoms with Crippen molar-refractivity contribution in [2.24, 2.45) is 7.05 Å². The van der Waals surface area contributed by atoms with E-state index in [1.54, 1.807) is 0 Å². The Morgan fingerprint density at radius 3 is 2.70 bits per heavy atom. The Morgan fingerprint density at radius 1 is 1.19 bits per heavy atom. The zero-order valence-corrected chi connectivity index (χ0v) is 16.8. The van der Waals surface area contributed by atoms with Gasteiger partial charge in [-0.05, 0) is 43.4 Å². The number of likely N-dealkylation sites (N-methyl/N-ethyl adjacent to an activating group) is 1. The van der Waals surface area contributed by atoms with Gasteiger partial charge in [0, 0.05) is 54.6 Å². The van der Waals surface area contributed by atoms with Crippen LogP contribution in [0.3, 0.4) is 0 Å². The summed E-state index contributed by atoms with van der Waals surface area (Å²) in [5, 5.41) is 4.89. The van der Waals surface area contributed by atoms with Crippen LogP contribution in [0.5, 0.6) is 0 Å². The molecule has 142 valence electrons. The number of nitrogens with zero attached hydrogens (tertiary/aromatic N) is 2. The Labute approximate surface area is 165 Å². The normalized spacial score (nSPS) is 12.5. The van der Waals surface area contributed by atoms with Crippen molar-refractivity contribution in [2.75, 3.05) is 27.2 Å². The van der Waals surface area contributed by atoms with E-state index in [9.17, 15) is 4.79 Å². The first-order valence-electron chi connectivity index (χ1n) is 9.16. The van der Waals surface area contributed by atoms with Gasteiger partial charge in [0.05, 0.1) is 0 Å². The van der Waals surface area contributed by atoms with Gasteiger partial charge in [-0.1, -0.05) is 41.9 Å². The molecule has 0 aliphatic rings. The molecule has 5 heteroatoms. The average molecular weight is 384 g/mol. The van der Waals surface area contributed by atoms with Gasteiger partial charge in [0.2, 0.25) is 5.91 Å². The smallest absolute Gasteiger partial charge is 0.220 e. The topological polar surface area (TPSA) is 37.3 Å². The standard InChI is InChI=1S/C22H26ClN3O/c1-25(2)12-11-24-22(27)14-19(16-7-6-8-17(23)13-16)20-15-26(3)21-10-5-4-9-18(20)21/h4-10,13,15,19H,11-12,14H2,1-3H3,(H,24,27). The highest BCUT2D eigenvalue weighted by molar-refractivity contribution is 6.30. The lowest BCUT2D eigenvalue weighted by molar-refractivity contribution is -0.121. The minimum absolute atomic E-state index is 0.0471. The zero-order valence-electron chi connectivity index (χ0n) is 16.1. The van der Waals surface area contributed by atoms with Crippen LogP contribution in [0.15, 0.2) is 54.7 Å². The van der Waals surface area contributed by atoms with E-state index < -0.39 is 0 Å². The Morgan fingerprint density at radius 2 is 1.96 bits per heavy atom. The molecule has 2 aromatic carbocycles. The van der Waals surface area contributed by atoms with E-state index in [4.69, 9.17) is 11.6 Å². The average Bonchev–Trinajstić information content (AvgIpc) is 2.96. The van der Waals surface area contributed by atoms with Crippen molar-refractivity contribution in [3.63, 3.8) is 0 Å². The summed E-state index contributed by atoms with van der Waals surface area (Å²) in [7, 11) is 6.03. The molecule has 1 amide bonds. The number of amides is 1. The molecule has 1 aromatic heterocycles. The van der Waals surface area contributed by atoms with Crippen LogP contribution in [0.2, 0.25) is 5.02 Å². The molecule has 1 N–H and O–H groups in total. The van der Waals surface area contributed by atoms with Crippen LogP contribution in [-0.4, -0.2) is 42.6 Å². The predicted octanol–water partition coefficient (Wildman–Crippen LogP) is 4.03. The molecule has 4 nitrogen and oxygen atoms in total. The molecule has 1 atom stereocenters. The van der Waals surface area contributed by atoms with Gasteiger partial charge in [-0.2, -0.15) is 0 Å². The van der Waals surface area contributed by atoms with E-state index in [0.717, 1.165) is 23.2 Å². The number of para-hydroxylation sites is 1. The van der Waals surface area contributed by atoms with Crippen LogP contribution in [0.25, 0.3) is 10.9 Å². The lowest BCUT2D eigenvalue weighted by Crippen LogP contribution is -2.32. The second-order valence-electron chi connectivity index (χ2n) is 7.18. The number of carbonyl (C=O) groups is 1. The molecular formula is C22H26ClN3O. The molecule has 3 aromatic rings. The maximum absolute atomic E-state index is 12.6. The molecule has 27 heavy (non-hydrogen) atoms. The van der Waals surface area contributed by atoms with Crippen molar-refractivity contribution < 1.29 is 4.79 Å². The molecule has 0 spiro atoms. The van der Waals surface area contributed by atoms with Gasteiger partial charge >= 0.3 is 0 Å². The quantitative estimate of drug-likeness (QED) is 0.668. The van der Waals surface area contributed by atoms with Gasteiger partial charge in [0.25, 0.3) is 0 Å². The van der Waals surface area contributed by atoms with Gasteiger partial charge in [-0.15, -0.1) is 0 Å². The second kappa shape index (κ2) is 8.59. The van der Waals surface area contributed by atoms with Gasteiger partial charge < -0.3 is 14.8 Å². The number of hydrogen-bond acceptors (Lipinski definition) is 2. The zero-order chi connectivity index (χ0) is 19.4. The summed E-state index contributed by atoms with van der Waals surface area (Å²) < 4.78 is 2.12. The Hall–Kier alpha value is -2.30. The molecular weight excluding hydrogens is 358 g/mol. The number of nitrogens with one attached hydrogen (secondary N) is 1. The Kier molecular flexibility index (Phi) is 6.19. The third-order valence-electron chi connectivity index (χ3n) is 4.82. The minimum Gasteiger partial charge on any atom is -0.355 e. The minimum atomic E-state index is -0.0471. The molecule has 0 bridgehead atoms. The van der Waals surface area contributed by atoms with Crippen LogP contribution in [0.4, 0.5) is 0 Å². The number of fused-ring (bicyclic) bond motifs is 1. The van der Waals surface area contributed by atoms with Crippen LogP contribution >= 0.6 is 11.6 Å². The Bertz CT molecular complexity index is 932. The van der Waals surface area contributed by atoms with E-state index >= 15 is 0 Å². The summed E-state index contributed by atoms with van der Waals surface area (Å²) in [5.74, 6) is 0.00363. The van der Waals surface area contributed by atoms with Crippen molar-refractivity contribution in [3.05, 3.63) is 70.9 Å². The summed E-state index contributed by atoms with van der Waals surface area (Å²) in [6.07, 6.45) is 2.52. The third kappa shape index (κ3) is 4.71. The summed E-state index contributed by atoms with van der Waals surface area (Å²) in [6.45, 7) is 1.46. The van der Waals surface area contributed by atoms with Gasteiger partial charge in [-0.3, -0.25) is 4.79 Å². The molecule has 0 radical (unpaired) electrons. The van der Waals surface area contributed by atoms with Gasteiger partial charge in [-0.25, -0.2) is 0 Å². The molecule has 1 heterocycles. The van der Waals surface area contributed by atoms with Crippen molar-refractivity contribution in [3.8, 4) is 0 Å². The van der Waals surface area contributed by atoms with Gasteiger partial charge in [0.15, 0.2) is 0 Å². The maximum atomic E-state index is 12.6. The largest absolute Gasteiger partial charge is 0.355 e. The van der Waals surface area contributed by atoms with Crippen molar-refractivity contribution in [1.82, 2.24) is 14.8 Å². The first-order valence-corrected chi connectivity index (χ1v) is 9.54. The number of aryl methyl sites for hydroxylation is 1. The highest BCUT2D eigenvalue weighted by atomic mass is 35.5. The van der Waals surface area contributed by atoms with Crippen molar-refractivity contribution >= 4 is 28.4 Å². The fourth-order valence-corrected chi connectivity index (χ4v) is 3.66. The van der Waals surface area contributed by atoms with Crippen molar-refractivity contribution in [1.29, 1.82) is 0 Å². The van der Waals surface area contributed by atoms with E-state index in [1.807, 2.05) is 57.5 Å². The number of benzene rings is 2. The monoisotopic (exact) mass is 383 g/mol. The lowest BCUT2D eigenvalue weighted by atomic mass is 9.88. The molecule has 0 fully saturated rings. The first-order chi connectivity index (χ1) is 13.0. The van der Waals surface area contributed by atoms with Gasteiger partial charge in [0.1, 0.15) is 0 Å². The molecule has 0 aliphatic carbocycles. The number of halogens is 1. The first kappa shape index (κ1) is 19.5. The number of carbonyl (C=O) groups excluding carboxylic acids is 1. The third-order valence-corrected chi connectivity index (χ3v) is 5.06. The molecule has 0 aliphatic heterocycles. The Balaban J connectivity index is 1.94. The predicted molar refractivity (Wildman–Crippen MR) is 112 cm³/mol. The van der Waals surface area contributed by atoms with Crippen LogP contribution in [0, 0.1) is 0 Å². The van der Waals surface area contributed by atoms with Crippen LogP contribution in [0.1, 0.15) is 23.5 Å².